The average Bonchev–Trinajstić information content (AvgIpc) is 3.31. The number of furan rings is 1. The molecule has 0 saturated carbocycles. The Morgan fingerprint density at radius 1 is 1.10 bits per heavy atom. The van der Waals surface area contributed by atoms with Crippen molar-refractivity contribution in [3.8, 4) is 17.4 Å². The Morgan fingerprint density at radius 3 is 2.62 bits per heavy atom. The fraction of sp³-hybridized carbons (Fsp3) is 0.0476. The van der Waals surface area contributed by atoms with Crippen molar-refractivity contribution in [2.75, 3.05) is 0 Å². The quantitative estimate of drug-likeness (QED) is 0.320. The number of thiazole rings is 1. The molecule has 8 heteroatoms. The predicted molar refractivity (Wildman–Crippen MR) is 107 cm³/mol. The van der Waals surface area contributed by atoms with E-state index < -0.39 is 11.7 Å². The fourth-order valence-electron chi connectivity index (χ4n) is 2.85. The zero-order chi connectivity index (χ0) is 20.6. The van der Waals surface area contributed by atoms with Crippen molar-refractivity contribution < 1.29 is 17.6 Å². The van der Waals surface area contributed by atoms with Gasteiger partial charge in [0.1, 0.15) is 22.6 Å². The van der Waals surface area contributed by atoms with E-state index in [0.717, 1.165) is 16.3 Å². The topological polar surface area (TPSA) is 49.8 Å². The zero-order valence-electron chi connectivity index (χ0n) is 14.5. The number of para-hydroxylation sites is 1. The first kappa shape index (κ1) is 19.2. The van der Waals surface area contributed by atoms with Gasteiger partial charge in [0.2, 0.25) is 0 Å². The minimum absolute atomic E-state index is 0.0317. The number of halogens is 4. The van der Waals surface area contributed by atoms with Gasteiger partial charge < -0.3 is 4.42 Å². The van der Waals surface area contributed by atoms with Gasteiger partial charge in [-0.2, -0.15) is 18.4 Å². The summed E-state index contributed by atoms with van der Waals surface area (Å²) >= 11 is 7.36. The summed E-state index contributed by atoms with van der Waals surface area (Å²) < 4.78 is 46.5. The molecular weight excluding hydrogens is 421 g/mol. The minimum atomic E-state index is -4.58. The molecule has 144 valence electrons. The first-order valence-corrected chi connectivity index (χ1v) is 9.50. The lowest BCUT2D eigenvalue weighted by Gasteiger charge is -2.12. The summed E-state index contributed by atoms with van der Waals surface area (Å²) in [5.74, 6) is 0.194. The van der Waals surface area contributed by atoms with Gasteiger partial charge >= 0.3 is 6.18 Å². The van der Waals surface area contributed by atoms with E-state index in [1.54, 1.807) is 0 Å². The van der Waals surface area contributed by atoms with Crippen LogP contribution in [0.5, 0.6) is 0 Å². The van der Waals surface area contributed by atoms with Crippen LogP contribution in [0.25, 0.3) is 33.2 Å². The highest BCUT2D eigenvalue weighted by molar-refractivity contribution is 7.19. The third-order valence-corrected chi connectivity index (χ3v) is 5.51. The van der Waals surface area contributed by atoms with Crippen molar-refractivity contribution in [1.82, 2.24) is 4.98 Å². The number of nitriles is 1. The van der Waals surface area contributed by atoms with Gasteiger partial charge in [0.05, 0.1) is 26.4 Å². The molecule has 0 unspecified atom stereocenters. The number of nitrogens with zero attached hydrogens (tertiary/aromatic N) is 2. The van der Waals surface area contributed by atoms with E-state index in [-0.39, 0.29) is 27.7 Å². The summed E-state index contributed by atoms with van der Waals surface area (Å²) in [6, 6.07) is 16.0. The summed E-state index contributed by atoms with van der Waals surface area (Å²) in [7, 11) is 0. The van der Waals surface area contributed by atoms with Gasteiger partial charge in [0.25, 0.3) is 0 Å². The molecule has 0 atom stereocenters. The lowest BCUT2D eigenvalue weighted by molar-refractivity contribution is -0.137. The van der Waals surface area contributed by atoms with E-state index in [2.05, 4.69) is 11.1 Å². The van der Waals surface area contributed by atoms with Crippen LogP contribution in [0.15, 0.2) is 59.0 Å². The van der Waals surface area contributed by atoms with Crippen molar-refractivity contribution in [3.63, 3.8) is 0 Å². The van der Waals surface area contributed by atoms with Crippen LogP contribution >= 0.6 is 22.9 Å². The Labute approximate surface area is 172 Å². The number of benzene rings is 2. The van der Waals surface area contributed by atoms with Gasteiger partial charge in [-0.15, -0.1) is 11.3 Å². The Morgan fingerprint density at radius 2 is 1.90 bits per heavy atom. The maximum atomic E-state index is 13.3. The van der Waals surface area contributed by atoms with Crippen molar-refractivity contribution in [2.24, 2.45) is 0 Å². The molecule has 0 spiro atoms. The van der Waals surface area contributed by atoms with Crippen LogP contribution < -0.4 is 0 Å². The van der Waals surface area contributed by atoms with Gasteiger partial charge in [-0.3, -0.25) is 0 Å². The fourth-order valence-corrected chi connectivity index (χ4v) is 4.05. The van der Waals surface area contributed by atoms with Gasteiger partial charge in [-0.1, -0.05) is 29.8 Å². The highest BCUT2D eigenvalue weighted by Gasteiger charge is 2.35. The smallest absolute Gasteiger partial charge is 0.417 e. The van der Waals surface area contributed by atoms with E-state index in [9.17, 15) is 18.4 Å². The highest BCUT2D eigenvalue weighted by atomic mass is 35.5. The van der Waals surface area contributed by atoms with Crippen LogP contribution in [0.4, 0.5) is 13.2 Å². The summed E-state index contributed by atoms with van der Waals surface area (Å²) in [6.45, 7) is 0. The van der Waals surface area contributed by atoms with E-state index >= 15 is 0 Å². The van der Waals surface area contributed by atoms with Crippen LogP contribution in [0.1, 0.15) is 16.3 Å². The van der Waals surface area contributed by atoms with Gasteiger partial charge in [-0.05, 0) is 36.4 Å². The van der Waals surface area contributed by atoms with Crippen molar-refractivity contribution in [2.45, 2.75) is 6.18 Å². The third-order valence-electron chi connectivity index (χ3n) is 4.12. The molecule has 0 saturated heterocycles. The Hall–Kier alpha value is -3.08. The molecule has 0 amide bonds. The molecule has 0 aliphatic carbocycles. The van der Waals surface area contributed by atoms with E-state index in [0.29, 0.717) is 5.01 Å². The molecule has 0 aliphatic rings. The first-order valence-electron chi connectivity index (χ1n) is 8.30. The Kier molecular flexibility index (Phi) is 4.91. The number of hydrogen-bond acceptors (Lipinski definition) is 4. The molecule has 4 rings (SSSR count). The number of allylic oxidation sites excluding steroid dienone is 1. The molecule has 2 heterocycles. The molecule has 0 fully saturated rings. The number of hydrogen-bond donors (Lipinski definition) is 0. The van der Waals surface area contributed by atoms with Crippen molar-refractivity contribution >= 4 is 44.8 Å². The van der Waals surface area contributed by atoms with Crippen molar-refractivity contribution in [1.29, 1.82) is 5.26 Å². The SMILES string of the molecule is N#C/C(=C\c1ccc(-c2c(Cl)cccc2C(F)(F)F)o1)c1nc2ccccc2s1. The van der Waals surface area contributed by atoms with Gasteiger partial charge in [0, 0.05) is 11.6 Å². The standard InChI is InChI=1S/C21H10ClF3N2OS/c22-15-5-3-4-14(21(23,24)25)19(15)17-9-8-13(28-17)10-12(11-26)20-27-16-6-1-2-7-18(16)29-20/h1-10H/b12-10+. The van der Waals surface area contributed by atoms with E-state index in [4.69, 9.17) is 16.0 Å². The number of rotatable bonds is 3. The predicted octanol–water partition coefficient (Wildman–Crippen LogP) is 7.29. The van der Waals surface area contributed by atoms with Gasteiger partial charge in [0.15, 0.2) is 0 Å². The average molecular weight is 431 g/mol. The molecular formula is C21H10ClF3N2OS. The van der Waals surface area contributed by atoms with Gasteiger partial charge in [-0.25, -0.2) is 4.98 Å². The molecule has 29 heavy (non-hydrogen) atoms. The zero-order valence-corrected chi connectivity index (χ0v) is 16.1. The second-order valence-corrected chi connectivity index (χ2v) is 7.46. The Balaban J connectivity index is 1.76. The number of aromatic nitrogens is 1. The lowest BCUT2D eigenvalue weighted by atomic mass is 10.0. The summed E-state index contributed by atoms with van der Waals surface area (Å²) in [6.07, 6.45) is -3.13. The van der Waals surface area contributed by atoms with Crippen LogP contribution in [0.3, 0.4) is 0 Å². The molecule has 2 aromatic heterocycles. The minimum Gasteiger partial charge on any atom is -0.457 e. The molecule has 0 aliphatic heterocycles. The molecule has 0 N–H and O–H groups in total. The molecule has 4 aromatic rings. The van der Waals surface area contributed by atoms with Crippen LogP contribution in [0, 0.1) is 11.3 Å². The second kappa shape index (κ2) is 7.39. The second-order valence-electron chi connectivity index (χ2n) is 6.02. The summed E-state index contributed by atoms with van der Waals surface area (Å²) in [4.78, 5) is 4.42. The van der Waals surface area contributed by atoms with E-state index in [1.165, 1.54) is 41.7 Å². The third kappa shape index (κ3) is 3.77. The maximum Gasteiger partial charge on any atom is 0.417 e. The summed E-state index contributed by atoms with van der Waals surface area (Å²) in [5.41, 5.74) is -0.108. The lowest BCUT2D eigenvalue weighted by Crippen LogP contribution is -2.07. The highest BCUT2D eigenvalue weighted by Crippen LogP contribution is 2.41. The molecule has 2 aromatic carbocycles. The number of alkyl halides is 3. The van der Waals surface area contributed by atoms with Crippen LogP contribution in [-0.2, 0) is 6.18 Å². The molecule has 3 nitrogen and oxygen atoms in total. The largest absolute Gasteiger partial charge is 0.457 e. The summed E-state index contributed by atoms with van der Waals surface area (Å²) in [5, 5.41) is 9.95. The monoisotopic (exact) mass is 430 g/mol. The number of fused-ring (bicyclic) bond motifs is 1. The van der Waals surface area contributed by atoms with Crippen LogP contribution in [-0.4, -0.2) is 4.98 Å². The molecule has 0 bridgehead atoms. The van der Waals surface area contributed by atoms with E-state index in [1.807, 2.05) is 24.3 Å². The first-order chi connectivity index (χ1) is 13.9. The maximum absolute atomic E-state index is 13.3. The normalized spacial score (nSPS) is 12.3. The molecule has 0 radical (unpaired) electrons. The van der Waals surface area contributed by atoms with Crippen LogP contribution in [0.2, 0.25) is 5.02 Å². The van der Waals surface area contributed by atoms with Crippen molar-refractivity contribution in [3.05, 3.63) is 76.0 Å². The Bertz CT molecular complexity index is 1250.